The second-order valence-electron chi connectivity index (χ2n) is 4.72. The quantitative estimate of drug-likeness (QED) is 0.505. The van der Waals surface area contributed by atoms with Crippen LogP contribution in [0.2, 0.25) is 0 Å². The van der Waals surface area contributed by atoms with Crippen LogP contribution in [0, 0.1) is 18.9 Å². The van der Waals surface area contributed by atoms with Crippen LogP contribution in [0.5, 0.6) is 0 Å². The molecule has 1 aromatic rings. The summed E-state index contributed by atoms with van der Waals surface area (Å²) in [6.45, 7) is 2.93. The van der Waals surface area contributed by atoms with Gasteiger partial charge in [-0.05, 0) is 12.3 Å². The zero-order chi connectivity index (χ0) is 13.0. The molecule has 1 aliphatic carbocycles. The number of hydrogen-bond donors (Lipinski definition) is 1. The maximum Gasteiger partial charge on any atom is 0.284 e. The molecule has 6 heteroatoms. The number of aliphatic hydroxyl groups excluding tert-OH is 1. The van der Waals surface area contributed by atoms with Gasteiger partial charge in [0, 0.05) is 6.20 Å². The molecule has 109 valence electrons. The molecule has 5 nitrogen and oxygen atoms in total. The summed E-state index contributed by atoms with van der Waals surface area (Å²) in [6.07, 6.45) is 6.41. The summed E-state index contributed by atoms with van der Waals surface area (Å²) in [4.78, 5) is 20.2. The summed E-state index contributed by atoms with van der Waals surface area (Å²) in [5.41, 5.74) is 0.624. The molecule has 1 aromatic heterocycles. The number of rotatable bonds is 4. The van der Waals surface area contributed by atoms with Crippen molar-refractivity contribution in [2.75, 3.05) is 0 Å². The third kappa shape index (κ3) is 3.04. The third-order valence-corrected chi connectivity index (χ3v) is 3.33. The molecule has 0 spiro atoms. The molecule has 0 saturated heterocycles. The van der Waals surface area contributed by atoms with E-state index in [4.69, 9.17) is 4.74 Å². The van der Waals surface area contributed by atoms with Crippen molar-refractivity contribution in [3.05, 3.63) is 30.4 Å². The van der Waals surface area contributed by atoms with Crippen LogP contribution >= 0.6 is 0 Å². The summed E-state index contributed by atoms with van der Waals surface area (Å²) in [5.74, 6) is -0.370. The molecular weight excluding hydrogens is 484 g/mol. The van der Waals surface area contributed by atoms with Gasteiger partial charge in [0.15, 0.2) is 0 Å². The Morgan fingerprint density at radius 1 is 1.42 bits per heavy atom. The zero-order valence-electron chi connectivity index (χ0n) is 10.7. The van der Waals surface area contributed by atoms with E-state index in [1.54, 1.807) is 12.4 Å². The van der Waals surface area contributed by atoms with Gasteiger partial charge in [0.2, 0.25) is 0 Å². The first-order valence-corrected chi connectivity index (χ1v) is 6.10. The standard InChI is InChI=1S/C13H17N2O3.Es/c1-10-6-15-11(7-14-10)8-18-12(17)13(9-16)4-2-3-5-13;/h6-7,9,16H,2-5,8H2,1H3;/q-1;. The summed E-state index contributed by atoms with van der Waals surface area (Å²) in [5, 5.41) is 9.27. The van der Waals surface area contributed by atoms with Gasteiger partial charge in [-0.15, -0.1) is 0 Å². The second kappa shape index (κ2) is 5.91. The monoisotopic (exact) mass is 501 g/mol. The van der Waals surface area contributed by atoms with E-state index in [1.165, 1.54) is 0 Å². The Bertz CT molecular complexity index is 416. The number of aromatic nitrogens is 2. The molecule has 1 N–H and O–H groups in total. The topological polar surface area (TPSA) is 72.3 Å². The van der Waals surface area contributed by atoms with Gasteiger partial charge in [-0.1, -0.05) is 25.7 Å². The van der Waals surface area contributed by atoms with Crippen molar-refractivity contribution in [1.82, 2.24) is 9.97 Å². The fraction of sp³-hybridized carbons (Fsp3) is 0.538. The SMILES string of the molecule is Cc1cnc(COC(=O)C2([CH-]O)CCCC2)cn1.[Es]. The number of carbonyl (C=O) groups is 1. The fourth-order valence-corrected chi connectivity index (χ4v) is 2.17. The van der Waals surface area contributed by atoms with Crippen LogP contribution in [0.4, 0.5) is 0 Å². The second-order valence-corrected chi connectivity index (χ2v) is 4.72. The molecule has 1 radical (unpaired) electrons. The van der Waals surface area contributed by atoms with E-state index in [9.17, 15) is 9.90 Å². The van der Waals surface area contributed by atoms with Crippen molar-refractivity contribution in [1.29, 1.82) is 0 Å². The van der Waals surface area contributed by atoms with Crippen LogP contribution in [-0.4, -0.2) is 21.0 Å². The zero-order valence-corrected chi connectivity index (χ0v) is 13.2. The minimum Gasteiger partial charge on any atom is -0.565 e. The largest absolute Gasteiger partial charge is 0.565 e. The molecule has 0 bridgehead atoms. The molecule has 1 saturated carbocycles. The number of nitrogens with zero attached hydrogens (tertiary/aromatic N) is 2. The molecule has 1 heterocycles. The van der Waals surface area contributed by atoms with E-state index < -0.39 is 5.41 Å². The Morgan fingerprint density at radius 2 is 2.11 bits per heavy atom. The van der Waals surface area contributed by atoms with E-state index in [2.05, 4.69) is 9.97 Å². The summed E-state index contributed by atoms with van der Waals surface area (Å²) >= 11 is 0. The average molecular weight is 501 g/mol. The number of carbonyl (C=O) groups excluding carboxylic acids is 1. The number of hydrogen-bond acceptors (Lipinski definition) is 5. The number of aliphatic hydroxyl groups is 1. The van der Waals surface area contributed by atoms with E-state index in [-0.39, 0.29) is 12.6 Å². The smallest absolute Gasteiger partial charge is 0.284 e. The molecule has 19 heavy (non-hydrogen) atoms. The van der Waals surface area contributed by atoms with Gasteiger partial charge in [-0.3, -0.25) is 14.8 Å². The summed E-state index contributed by atoms with van der Waals surface area (Å²) in [7, 11) is 0. The van der Waals surface area contributed by atoms with E-state index in [0.717, 1.165) is 25.1 Å². The van der Waals surface area contributed by atoms with Gasteiger partial charge in [0.25, 0.3) is 5.97 Å². The van der Waals surface area contributed by atoms with E-state index >= 15 is 0 Å². The van der Waals surface area contributed by atoms with Gasteiger partial charge < -0.3 is 9.84 Å². The molecule has 0 amide bonds. The maximum absolute atomic E-state index is 12.0. The normalized spacial score (nSPS) is 16.7. The van der Waals surface area contributed by atoms with Gasteiger partial charge in [0.1, 0.15) is 6.61 Å². The average Bonchev–Trinajstić information content (AvgIpc) is 2.88. The maximum atomic E-state index is 12.0. The number of esters is 1. The molecule has 0 aliphatic heterocycles. The Kier molecular flexibility index (Phi) is 4.53. The van der Waals surface area contributed by atoms with Crippen molar-refractivity contribution in [2.24, 2.45) is 5.41 Å². The Morgan fingerprint density at radius 3 is 2.63 bits per heavy atom. The van der Waals surface area contributed by atoms with Crippen LogP contribution in [0.3, 0.4) is 0 Å². The molecular formula is C13H17EsN2O3-. The molecule has 0 aromatic carbocycles. The van der Waals surface area contributed by atoms with Crippen molar-refractivity contribution in [3.63, 3.8) is 0 Å². The van der Waals surface area contributed by atoms with Crippen molar-refractivity contribution in [3.8, 4) is 0 Å². The Hall–Kier alpha value is -2.49. The predicted molar refractivity (Wildman–Crippen MR) is 63.7 cm³/mol. The predicted octanol–water partition coefficient (Wildman–Crippen LogP) is 1.92. The molecule has 1 aliphatic rings. The van der Waals surface area contributed by atoms with Crippen molar-refractivity contribution >= 4 is 5.97 Å². The molecule has 0 unspecified atom stereocenters. The van der Waals surface area contributed by atoms with Crippen LogP contribution in [-0.2, 0) is 16.1 Å². The first-order chi connectivity index (χ1) is 8.66. The number of ether oxygens (including phenoxy) is 1. The third-order valence-electron chi connectivity index (χ3n) is 3.33. The first kappa shape index (κ1) is 14.6. The van der Waals surface area contributed by atoms with Crippen LogP contribution in [0.1, 0.15) is 37.1 Å². The van der Waals surface area contributed by atoms with E-state index in [1.807, 2.05) is 6.92 Å². The van der Waals surface area contributed by atoms with Crippen LogP contribution in [0.25, 0.3) is 0 Å². The van der Waals surface area contributed by atoms with E-state index in [0.29, 0.717) is 18.5 Å². The van der Waals surface area contributed by atoms with Crippen molar-refractivity contribution in [2.45, 2.75) is 39.2 Å². The molecule has 2 rings (SSSR count). The summed E-state index contributed by atoms with van der Waals surface area (Å²) < 4.78 is 5.21. The Balaban J connectivity index is 0.00000180. The van der Waals surface area contributed by atoms with Crippen LogP contribution < -0.4 is 0 Å². The van der Waals surface area contributed by atoms with Gasteiger partial charge in [-0.25, -0.2) is 0 Å². The fourth-order valence-electron chi connectivity index (χ4n) is 2.17. The Labute approximate surface area is 106 Å². The van der Waals surface area contributed by atoms with Gasteiger partial charge >= 0.3 is 0 Å². The molecule has 0 atom stereocenters. The van der Waals surface area contributed by atoms with Crippen molar-refractivity contribution < 1.29 is 14.6 Å². The minimum absolute atomic E-state index is 0. The molecule has 1 fully saturated rings. The summed E-state index contributed by atoms with van der Waals surface area (Å²) in [6, 6.07) is 0. The number of aryl methyl sites for hydroxylation is 1. The minimum atomic E-state index is -0.807. The first-order valence-electron chi connectivity index (χ1n) is 6.10. The van der Waals surface area contributed by atoms with Crippen LogP contribution in [0.15, 0.2) is 12.4 Å². The van der Waals surface area contributed by atoms with Gasteiger partial charge in [0.05, 0.1) is 17.6 Å². The van der Waals surface area contributed by atoms with Gasteiger partial charge in [-0.2, -0.15) is 6.61 Å².